The molecule has 1 saturated heterocycles. The van der Waals surface area contributed by atoms with Crippen LogP contribution in [0.3, 0.4) is 0 Å². The van der Waals surface area contributed by atoms with E-state index in [1.807, 2.05) is 24.3 Å². The summed E-state index contributed by atoms with van der Waals surface area (Å²) in [5.41, 5.74) is 1.58. The van der Waals surface area contributed by atoms with Crippen LogP contribution in [0, 0.1) is 5.41 Å². The summed E-state index contributed by atoms with van der Waals surface area (Å²) in [4.78, 5) is 14.5. The molecule has 1 fully saturated rings. The van der Waals surface area contributed by atoms with Gasteiger partial charge >= 0.3 is 0 Å². The first kappa shape index (κ1) is 15.8. The van der Waals surface area contributed by atoms with E-state index in [0.717, 1.165) is 21.8 Å². The second-order valence-corrected chi connectivity index (χ2v) is 6.75. The van der Waals surface area contributed by atoms with Gasteiger partial charge in [-0.2, -0.15) is 0 Å². The minimum absolute atomic E-state index is 0.187. The van der Waals surface area contributed by atoms with E-state index in [-0.39, 0.29) is 11.1 Å². The van der Waals surface area contributed by atoms with Crippen LogP contribution in [0.2, 0.25) is 0 Å². The molecule has 0 spiro atoms. The highest BCUT2D eigenvalue weighted by Crippen LogP contribution is 2.35. The van der Waals surface area contributed by atoms with Crippen LogP contribution in [-0.2, 0) is 4.79 Å². The molecule has 23 heavy (non-hydrogen) atoms. The fraction of sp³-hybridized carbons (Fsp3) is 0.0588. The van der Waals surface area contributed by atoms with E-state index in [2.05, 4.69) is 15.9 Å². The number of halogens is 1. The molecule has 0 aliphatic carbocycles. The third-order valence-corrected chi connectivity index (χ3v) is 4.74. The zero-order chi connectivity index (χ0) is 16.4. The van der Waals surface area contributed by atoms with E-state index < -0.39 is 0 Å². The summed E-state index contributed by atoms with van der Waals surface area (Å²) >= 11 is 4.55. The van der Waals surface area contributed by atoms with Crippen molar-refractivity contribution in [1.29, 1.82) is 5.41 Å². The number of carbonyl (C=O) groups is 1. The molecule has 1 heterocycles. The summed E-state index contributed by atoms with van der Waals surface area (Å²) < 4.78 is 6.10. The Balaban J connectivity index is 1.88. The van der Waals surface area contributed by atoms with Crippen LogP contribution >= 0.6 is 27.7 Å². The maximum atomic E-state index is 12.6. The van der Waals surface area contributed by atoms with E-state index in [9.17, 15) is 4.79 Å². The fourth-order valence-electron chi connectivity index (χ4n) is 2.16. The minimum Gasteiger partial charge on any atom is -0.497 e. The SMILES string of the molecule is COc1ccc(N2C(=N)S/C(=C\c3ccc(Br)cc3)C2=O)cc1. The molecule has 0 radical (unpaired) electrons. The molecular weight excluding hydrogens is 376 g/mol. The van der Waals surface area contributed by atoms with Gasteiger partial charge in [0.1, 0.15) is 5.75 Å². The van der Waals surface area contributed by atoms with Crippen molar-refractivity contribution < 1.29 is 9.53 Å². The molecule has 3 rings (SSSR count). The third kappa shape index (κ3) is 3.33. The summed E-state index contributed by atoms with van der Waals surface area (Å²) in [5.74, 6) is 0.526. The van der Waals surface area contributed by atoms with Gasteiger partial charge in [-0.3, -0.25) is 15.1 Å². The Morgan fingerprint density at radius 3 is 2.39 bits per heavy atom. The van der Waals surface area contributed by atoms with Gasteiger partial charge in [0, 0.05) is 4.47 Å². The Morgan fingerprint density at radius 2 is 1.78 bits per heavy atom. The second kappa shape index (κ2) is 6.60. The maximum Gasteiger partial charge on any atom is 0.271 e. The highest BCUT2D eigenvalue weighted by molar-refractivity contribution is 9.10. The van der Waals surface area contributed by atoms with Crippen molar-refractivity contribution in [2.45, 2.75) is 0 Å². The molecule has 0 atom stereocenters. The zero-order valence-corrected chi connectivity index (χ0v) is 14.6. The lowest BCUT2D eigenvalue weighted by Gasteiger charge is -2.14. The predicted molar refractivity (Wildman–Crippen MR) is 97.9 cm³/mol. The number of benzene rings is 2. The third-order valence-electron chi connectivity index (χ3n) is 3.32. The topological polar surface area (TPSA) is 53.4 Å². The van der Waals surface area contributed by atoms with Gasteiger partial charge in [0.05, 0.1) is 17.7 Å². The fourth-order valence-corrected chi connectivity index (χ4v) is 3.29. The molecular formula is C17H13BrN2O2S. The van der Waals surface area contributed by atoms with Crippen LogP contribution in [0.4, 0.5) is 5.69 Å². The normalized spacial score (nSPS) is 16.3. The number of nitrogens with zero attached hydrogens (tertiary/aromatic N) is 1. The first-order valence-electron chi connectivity index (χ1n) is 6.80. The molecule has 1 aliphatic rings. The monoisotopic (exact) mass is 388 g/mol. The lowest BCUT2D eigenvalue weighted by molar-refractivity contribution is -0.113. The van der Waals surface area contributed by atoms with E-state index in [0.29, 0.717) is 16.3 Å². The smallest absolute Gasteiger partial charge is 0.271 e. The highest BCUT2D eigenvalue weighted by Gasteiger charge is 2.33. The van der Waals surface area contributed by atoms with Crippen LogP contribution < -0.4 is 9.64 Å². The van der Waals surface area contributed by atoms with E-state index >= 15 is 0 Å². The van der Waals surface area contributed by atoms with Crippen LogP contribution in [0.15, 0.2) is 57.9 Å². The molecule has 1 amide bonds. The van der Waals surface area contributed by atoms with Gasteiger partial charge in [-0.15, -0.1) is 0 Å². The summed E-state index contributed by atoms with van der Waals surface area (Å²) in [6, 6.07) is 14.8. The summed E-state index contributed by atoms with van der Waals surface area (Å²) in [7, 11) is 1.59. The zero-order valence-electron chi connectivity index (χ0n) is 12.2. The highest BCUT2D eigenvalue weighted by atomic mass is 79.9. The number of amidine groups is 1. The number of methoxy groups -OCH3 is 1. The Hall–Kier alpha value is -2.05. The molecule has 1 aliphatic heterocycles. The van der Waals surface area contributed by atoms with Gasteiger partial charge in [-0.1, -0.05) is 28.1 Å². The maximum absolute atomic E-state index is 12.6. The van der Waals surface area contributed by atoms with Crippen molar-refractivity contribution >= 4 is 50.5 Å². The predicted octanol–water partition coefficient (Wildman–Crippen LogP) is 4.51. The minimum atomic E-state index is -0.187. The number of rotatable bonds is 3. The largest absolute Gasteiger partial charge is 0.497 e. The molecule has 2 aromatic rings. The van der Waals surface area contributed by atoms with E-state index in [1.54, 1.807) is 37.5 Å². The molecule has 116 valence electrons. The Kier molecular flexibility index (Phi) is 4.54. The van der Waals surface area contributed by atoms with Crippen molar-refractivity contribution in [3.8, 4) is 5.75 Å². The molecule has 0 unspecified atom stereocenters. The second-order valence-electron chi connectivity index (χ2n) is 4.81. The van der Waals surface area contributed by atoms with Crippen LogP contribution in [-0.4, -0.2) is 18.2 Å². The average molecular weight is 389 g/mol. The van der Waals surface area contributed by atoms with Gasteiger partial charge in [0.15, 0.2) is 5.17 Å². The number of nitrogens with one attached hydrogen (secondary N) is 1. The number of hydrogen-bond donors (Lipinski definition) is 1. The van der Waals surface area contributed by atoms with Crippen molar-refractivity contribution in [3.63, 3.8) is 0 Å². The standard InChI is InChI=1S/C17H13BrN2O2S/c1-22-14-8-6-13(7-9-14)20-16(21)15(23-17(20)19)10-11-2-4-12(18)5-3-11/h2-10,19H,1H3/b15-10-,19-17?. The number of carbonyl (C=O) groups excluding carboxylic acids is 1. The number of thioether (sulfide) groups is 1. The molecule has 1 N–H and O–H groups in total. The van der Waals surface area contributed by atoms with Crippen molar-refractivity contribution in [2.24, 2.45) is 0 Å². The molecule has 2 aromatic carbocycles. The van der Waals surface area contributed by atoms with Gasteiger partial charge in [-0.25, -0.2) is 0 Å². The van der Waals surface area contributed by atoms with Gasteiger partial charge in [0.25, 0.3) is 5.91 Å². The quantitative estimate of drug-likeness (QED) is 0.786. The van der Waals surface area contributed by atoms with Crippen molar-refractivity contribution in [2.75, 3.05) is 12.0 Å². The number of ether oxygens (including phenoxy) is 1. The first-order chi connectivity index (χ1) is 11.1. The number of anilines is 1. The lowest BCUT2D eigenvalue weighted by Crippen LogP contribution is -2.27. The molecule has 0 aromatic heterocycles. The van der Waals surface area contributed by atoms with Crippen molar-refractivity contribution in [3.05, 3.63) is 63.5 Å². The molecule has 6 heteroatoms. The van der Waals surface area contributed by atoms with E-state index in [1.165, 1.54) is 4.90 Å². The summed E-state index contributed by atoms with van der Waals surface area (Å²) in [6.07, 6.45) is 1.80. The first-order valence-corrected chi connectivity index (χ1v) is 8.41. The Labute approximate surface area is 146 Å². The van der Waals surface area contributed by atoms with Crippen LogP contribution in [0.25, 0.3) is 6.08 Å². The van der Waals surface area contributed by atoms with Crippen LogP contribution in [0.1, 0.15) is 5.56 Å². The Bertz CT molecular complexity index is 785. The molecule has 4 nitrogen and oxygen atoms in total. The van der Waals surface area contributed by atoms with Crippen molar-refractivity contribution in [1.82, 2.24) is 0 Å². The summed E-state index contributed by atoms with van der Waals surface area (Å²) in [5, 5.41) is 8.29. The van der Waals surface area contributed by atoms with Crippen LogP contribution in [0.5, 0.6) is 5.75 Å². The van der Waals surface area contributed by atoms with Gasteiger partial charge in [0.2, 0.25) is 0 Å². The number of amides is 1. The van der Waals surface area contributed by atoms with E-state index in [4.69, 9.17) is 10.1 Å². The lowest BCUT2D eigenvalue weighted by atomic mass is 10.2. The van der Waals surface area contributed by atoms with Gasteiger partial charge < -0.3 is 4.74 Å². The molecule has 0 saturated carbocycles. The Morgan fingerprint density at radius 1 is 1.13 bits per heavy atom. The van der Waals surface area contributed by atoms with Gasteiger partial charge in [-0.05, 0) is 59.8 Å². The molecule has 0 bridgehead atoms. The number of hydrogen-bond acceptors (Lipinski definition) is 4. The summed E-state index contributed by atoms with van der Waals surface area (Å²) in [6.45, 7) is 0. The average Bonchev–Trinajstić information content (AvgIpc) is 2.84.